The Hall–Kier alpha value is -3.06. The highest BCUT2D eigenvalue weighted by Crippen LogP contribution is 2.28. The van der Waals surface area contributed by atoms with Gasteiger partial charge < -0.3 is 24.4 Å². The summed E-state index contributed by atoms with van der Waals surface area (Å²) in [6, 6.07) is 12.2. The molecule has 1 saturated heterocycles. The molecule has 0 saturated carbocycles. The van der Waals surface area contributed by atoms with E-state index in [1.807, 2.05) is 42.6 Å². The maximum atomic E-state index is 6.27. The largest absolute Gasteiger partial charge is 0.497 e. The van der Waals surface area contributed by atoms with Crippen LogP contribution >= 0.6 is 0 Å². The summed E-state index contributed by atoms with van der Waals surface area (Å²) in [5.74, 6) is 2.75. The third kappa shape index (κ3) is 5.17. The highest BCUT2D eigenvalue weighted by Gasteiger charge is 2.22. The molecule has 0 amide bonds. The molecule has 1 aliphatic rings. The van der Waals surface area contributed by atoms with Crippen molar-refractivity contribution in [2.45, 2.75) is 38.8 Å². The van der Waals surface area contributed by atoms with E-state index >= 15 is 0 Å². The third-order valence-electron chi connectivity index (χ3n) is 5.67. The average Bonchev–Trinajstić information content (AvgIpc) is 2.79. The SMILES string of the molecule is COc1cc(Nc2ncc3ccc(OC4CCN(C(C)C)CC4)cc3n2)cc(OC)c1. The van der Waals surface area contributed by atoms with Gasteiger partial charge in [0.2, 0.25) is 5.95 Å². The number of nitrogens with zero attached hydrogens (tertiary/aromatic N) is 3. The van der Waals surface area contributed by atoms with Crippen LogP contribution in [0.3, 0.4) is 0 Å². The minimum atomic E-state index is 0.246. The molecule has 0 spiro atoms. The number of hydrogen-bond acceptors (Lipinski definition) is 7. The molecule has 0 bridgehead atoms. The molecule has 3 aromatic rings. The number of fused-ring (bicyclic) bond motifs is 1. The summed E-state index contributed by atoms with van der Waals surface area (Å²) < 4.78 is 16.9. The molecule has 1 aromatic heterocycles. The van der Waals surface area contributed by atoms with E-state index in [2.05, 4.69) is 34.0 Å². The van der Waals surface area contributed by atoms with Gasteiger partial charge in [0, 0.05) is 60.7 Å². The normalized spacial score (nSPS) is 15.3. The second-order valence-corrected chi connectivity index (χ2v) is 8.09. The molecule has 2 aromatic carbocycles. The fraction of sp³-hybridized carbons (Fsp3) is 0.417. The first-order valence-corrected chi connectivity index (χ1v) is 10.7. The summed E-state index contributed by atoms with van der Waals surface area (Å²) in [6.45, 7) is 6.65. The minimum absolute atomic E-state index is 0.246. The van der Waals surface area contributed by atoms with Crippen molar-refractivity contribution in [3.05, 3.63) is 42.6 Å². The van der Waals surface area contributed by atoms with Crippen molar-refractivity contribution in [1.29, 1.82) is 0 Å². The fourth-order valence-electron chi connectivity index (χ4n) is 3.85. The molecule has 7 heteroatoms. The van der Waals surface area contributed by atoms with Crippen LogP contribution in [0.5, 0.6) is 17.2 Å². The average molecular weight is 423 g/mol. The fourth-order valence-corrected chi connectivity index (χ4v) is 3.85. The van der Waals surface area contributed by atoms with E-state index < -0.39 is 0 Å². The van der Waals surface area contributed by atoms with E-state index in [-0.39, 0.29) is 6.10 Å². The van der Waals surface area contributed by atoms with Crippen LogP contribution < -0.4 is 19.5 Å². The van der Waals surface area contributed by atoms with Crippen molar-refractivity contribution >= 4 is 22.5 Å². The first-order chi connectivity index (χ1) is 15.0. The zero-order valence-electron chi connectivity index (χ0n) is 18.6. The number of likely N-dealkylation sites (tertiary alicyclic amines) is 1. The van der Waals surface area contributed by atoms with Gasteiger partial charge in [0.25, 0.3) is 0 Å². The maximum Gasteiger partial charge on any atom is 0.227 e. The van der Waals surface area contributed by atoms with Crippen LogP contribution in [-0.4, -0.2) is 54.3 Å². The molecule has 0 unspecified atom stereocenters. The van der Waals surface area contributed by atoms with Gasteiger partial charge in [-0.2, -0.15) is 0 Å². The first-order valence-electron chi connectivity index (χ1n) is 10.7. The van der Waals surface area contributed by atoms with Crippen molar-refractivity contribution in [1.82, 2.24) is 14.9 Å². The summed E-state index contributed by atoms with van der Waals surface area (Å²) >= 11 is 0. The summed E-state index contributed by atoms with van der Waals surface area (Å²) in [6.07, 6.45) is 4.15. The monoisotopic (exact) mass is 422 g/mol. The second kappa shape index (κ2) is 9.39. The molecule has 1 fully saturated rings. The lowest BCUT2D eigenvalue weighted by molar-refractivity contribution is 0.0844. The Bertz CT molecular complexity index is 1010. The summed E-state index contributed by atoms with van der Waals surface area (Å²) in [5, 5.41) is 4.20. The smallest absolute Gasteiger partial charge is 0.227 e. The number of rotatable bonds is 7. The van der Waals surface area contributed by atoms with Crippen molar-refractivity contribution in [2.75, 3.05) is 32.6 Å². The van der Waals surface area contributed by atoms with Crippen molar-refractivity contribution in [3.8, 4) is 17.2 Å². The van der Waals surface area contributed by atoms with E-state index in [1.165, 1.54) is 0 Å². The van der Waals surface area contributed by atoms with Gasteiger partial charge in [-0.25, -0.2) is 9.97 Å². The molecule has 31 heavy (non-hydrogen) atoms. The van der Waals surface area contributed by atoms with Gasteiger partial charge in [0.05, 0.1) is 19.7 Å². The number of nitrogens with one attached hydrogen (secondary N) is 1. The standard InChI is InChI=1S/C24H30N4O3/c1-16(2)28-9-7-19(8-10-28)31-20-6-5-17-15-25-24(27-23(17)14-20)26-18-11-21(29-3)13-22(12-18)30-4/h5-6,11-16,19H,7-10H2,1-4H3,(H,25,26,27). The molecule has 0 radical (unpaired) electrons. The van der Waals surface area contributed by atoms with Crippen molar-refractivity contribution in [3.63, 3.8) is 0 Å². The number of ether oxygens (including phenoxy) is 3. The highest BCUT2D eigenvalue weighted by molar-refractivity contribution is 5.80. The van der Waals surface area contributed by atoms with Crippen LogP contribution in [0, 0.1) is 0 Å². The second-order valence-electron chi connectivity index (χ2n) is 8.09. The molecule has 1 aliphatic heterocycles. The van der Waals surface area contributed by atoms with Gasteiger partial charge in [0.1, 0.15) is 23.4 Å². The Labute approximate surface area is 183 Å². The van der Waals surface area contributed by atoms with Gasteiger partial charge in [-0.05, 0) is 38.8 Å². The molecular weight excluding hydrogens is 392 g/mol. The number of piperidine rings is 1. The molecule has 2 heterocycles. The number of benzene rings is 2. The molecule has 0 aliphatic carbocycles. The zero-order valence-corrected chi connectivity index (χ0v) is 18.6. The summed E-state index contributed by atoms with van der Waals surface area (Å²) in [5.41, 5.74) is 1.63. The maximum absolute atomic E-state index is 6.27. The van der Waals surface area contributed by atoms with E-state index in [1.54, 1.807) is 14.2 Å². The van der Waals surface area contributed by atoms with Crippen LogP contribution in [0.4, 0.5) is 11.6 Å². The van der Waals surface area contributed by atoms with E-state index in [0.717, 1.165) is 48.3 Å². The van der Waals surface area contributed by atoms with Crippen LogP contribution in [0.25, 0.3) is 10.9 Å². The lowest BCUT2D eigenvalue weighted by Gasteiger charge is -2.34. The molecule has 164 valence electrons. The third-order valence-corrected chi connectivity index (χ3v) is 5.67. The molecule has 1 N–H and O–H groups in total. The van der Waals surface area contributed by atoms with Crippen molar-refractivity contribution < 1.29 is 14.2 Å². The number of anilines is 2. The van der Waals surface area contributed by atoms with E-state index in [0.29, 0.717) is 23.5 Å². The quantitative estimate of drug-likeness (QED) is 0.595. The van der Waals surface area contributed by atoms with Gasteiger partial charge >= 0.3 is 0 Å². The van der Waals surface area contributed by atoms with E-state index in [4.69, 9.17) is 14.2 Å². The van der Waals surface area contributed by atoms with Gasteiger partial charge in [-0.15, -0.1) is 0 Å². The highest BCUT2D eigenvalue weighted by atomic mass is 16.5. The number of aromatic nitrogens is 2. The Kier molecular flexibility index (Phi) is 6.42. The Morgan fingerprint density at radius 1 is 0.968 bits per heavy atom. The number of hydrogen-bond donors (Lipinski definition) is 1. The molecule has 4 rings (SSSR count). The summed E-state index contributed by atoms with van der Waals surface area (Å²) in [4.78, 5) is 11.6. The Morgan fingerprint density at radius 2 is 1.68 bits per heavy atom. The van der Waals surface area contributed by atoms with Crippen molar-refractivity contribution in [2.24, 2.45) is 0 Å². The topological polar surface area (TPSA) is 68.7 Å². The van der Waals surface area contributed by atoms with Gasteiger partial charge in [-0.1, -0.05) is 0 Å². The van der Waals surface area contributed by atoms with Crippen LogP contribution in [-0.2, 0) is 0 Å². The predicted octanol–water partition coefficient (Wildman–Crippen LogP) is 4.64. The van der Waals surface area contributed by atoms with Gasteiger partial charge in [-0.3, -0.25) is 0 Å². The van der Waals surface area contributed by atoms with E-state index in [9.17, 15) is 0 Å². The Balaban J connectivity index is 1.49. The Morgan fingerprint density at radius 3 is 2.32 bits per heavy atom. The first kappa shape index (κ1) is 21.2. The lowest BCUT2D eigenvalue weighted by Crippen LogP contribution is -2.41. The van der Waals surface area contributed by atoms with Gasteiger partial charge in [0.15, 0.2) is 0 Å². The molecular formula is C24H30N4O3. The zero-order chi connectivity index (χ0) is 21.8. The lowest BCUT2D eigenvalue weighted by atomic mass is 10.1. The summed E-state index contributed by atoms with van der Waals surface area (Å²) in [7, 11) is 3.25. The minimum Gasteiger partial charge on any atom is -0.497 e. The molecule has 7 nitrogen and oxygen atoms in total. The predicted molar refractivity (Wildman–Crippen MR) is 123 cm³/mol. The van der Waals surface area contributed by atoms with Crippen LogP contribution in [0.15, 0.2) is 42.6 Å². The molecule has 0 atom stereocenters. The van der Waals surface area contributed by atoms with Crippen LogP contribution in [0.2, 0.25) is 0 Å². The number of methoxy groups -OCH3 is 2. The van der Waals surface area contributed by atoms with Crippen LogP contribution in [0.1, 0.15) is 26.7 Å².